The molecule has 1 aromatic rings. The van der Waals surface area contributed by atoms with Gasteiger partial charge in [-0.3, -0.25) is 4.98 Å². The lowest BCUT2D eigenvalue weighted by atomic mass is 10.2. The maximum Gasteiger partial charge on any atom is 0.0670 e. The number of nitriles is 1. The molecule has 0 amide bonds. The third-order valence-electron chi connectivity index (χ3n) is 1.13. The number of pyridine rings is 1. The number of rotatable bonds is 1. The summed E-state index contributed by atoms with van der Waals surface area (Å²) in [5.41, 5.74) is 1.05. The molecule has 0 aliphatic heterocycles. The smallest absolute Gasteiger partial charge is 0.0670 e. The van der Waals surface area contributed by atoms with Crippen LogP contribution in [0.15, 0.2) is 18.5 Å². The van der Waals surface area contributed by atoms with Crippen LogP contribution in [0.5, 0.6) is 0 Å². The van der Waals surface area contributed by atoms with Crippen LogP contribution < -0.4 is 0 Å². The standard InChI is InChI=1S/C7H5IN2/c8-7-5-10-4-2-6(7)1-3-9/h2,4-5H,1H2. The summed E-state index contributed by atoms with van der Waals surface area (Å²) < 4.78 is 1.06. The van der Waals surface area contributed by atoms with Gasteiger partial charge in [0.2, 0.25) is 0 Å². The van der Waals surface area contributed by atoms with Crippen molar-refractivity contribution < 1.29 is 0 Å². The fourth-order valence-electron chi connectivity index (χ4n) is 0.633. The van der Waals surface area contributed by atoms with Gasteiger partial charge in [-0.2, -0.15) is 5.26 Å². The van der Waals surface area contributed by atoms with E-state index >= 15 is 0 Å². The van der Waals surface area contributed by atoms with Gasteiger partial charge >= 0.3 is 0 Å². The number of hydrogen-bond donors (Lipinski definition) is 0. The van der Waals surface area contributed by atoms with E-state index in [1.807, 2.05) is 6.07 Å². The average molecular weight is 244 g/mol. The van der Waals surface area contributed by atoms with Crippen molar-refractivity contribution in [3.8, 4) is 6.07 Å². The maximum absolute atomic E-state index is 8.37. The molecule has 1 rings (SSSR count). The Morgan fingerprint density at radius 2 is 2.50 bits per heavy atom. The van der Waals surface area contributed by atoms with Gasteiger partial charge in [-0.15, -0.1) is 0 Å². The highest BCUT2D eigenvalue weighted by Gasteiger charge is 1.95. The second-order valence-electron chi connectivity index (χ2n) is 1.80. The van der Waals surface area contributed by atoms with Crippen molar-refractivity contribution in [2.24, 2.45) is 0 Å². The average Bonchev–Trinajstić information content (AvgIpc) is 1.94. The maximum atomic E-state index is 8.37. The van der Waals surface area contributed by atoms with E-state index in [2.05, 4.69) is 33.6 Å². The van der Waals surface area contributed by atoms with Crippen LogP contribution in [0.25, 0.3) is 0 Å². The zero-order valence-corrected chi connectivity index (χ0v) is 7.37. The summed E-state index contributed by atoms with van der Waals surface area (Å²) in [5, 5.41) is 8.37. The first-order chi connectivity index (χ1) is 4.84. The minimum Gasteiger partial charge on any atom is -0.264 e. The summed E-state index contributed by atoms with van der Waals surface area (Å²) in [6, 6.07) is 3.96. The molecule has 0 N–H and O–H groups in total. The molecule has 0 aromatic carbocycles. The molecular formula is C7H5IN2. The Bertz CT molecular complexity index is 265. The molecule has 0 atom stereocenters. The lowest BCUT2D eigenvalue weighted by Crippen LogP contribution is -1.86. The van der Waals surface area contributed by atoms with Gasteiger partial charge in [-0.1, -0.05) is 0 Å². The summed E-state index contributed by atoms with van der Waals surface area (Å²) in [6.45, 7) is 0. The number of hydrogen-bond acceptors (Lipinski definition) is 2. The van der Waals surface area contributed by atoms with Crippen molar-refractivity contribution in [1.82, 2.24) is 4.98 Å². The van der Waals surface area contributed by atoms with Gasteiger partial charge in [0.1, 0.15) is 0 Å². The molecule has 0 saturated carbocycles. The minimum atomic E-state index is 0.473. The Morgan fingerprint density at radius 3 is 3.10 bits per heavy atom. The van der Waals surface area contributed by atoms with Crippen molar-refractivity contribution in [1.29, 1.82) is 5.26 Å². The molecule has 0 radical (unpaired) electrons. The minimum absolute atomic E-state index is 0.473. The van der Waals surface area contributed by atoms with Gasteiger partial charge < -0.3 is 0 Å². The first kappa shape index (κ1) is 7.48. The van der Waals surface area contributed by atoms with E-state index in [4.69, 9.17) is 5.26 Å². The lowest BCUT2D eigenvalue weighted by Gasteiger charge is -1.94. The highest BCUT2D eigenvalue weighted by atomic mass is 127. The predicted molar refractivity (Wildman–Crippen MR) is 46.3 cm³/mol. The number of halogens is 1. The third-order valence-corrected chi connectivity index (χ3v) is 2.10. The van der Waals surface area contributed by atoms with Gasteiger partial charge in [-0.05, 0) is 34.2 Å². The van der Waals surface area contributed by atoms with Gasteiger partial charge in [0.05, 0.1) is 12.5 Å². The molecule has 0 bridgehead atoms. The van der Waals surface area contributed by atoms with Gasteiger partial charge in [0.15, 0.2) is 0 Å². The van der Waals surface area contributed by atoms with Crippen molar-refractivity contribution in [2.45, 2.75) is 6.42 Å². The highest BCUT2D eigenvalue weighted by Crippen LogP contribution is 2.09. The van der Waals surface area contributed by atoms with E-state index in [1.165, 1.54) is 0 Å². The molecule has 0 saturated heterocycles. The molecule has 0 fully saturated rings. The van der Waals surface area contributed by atoms with Crippen LogP contribution in [0.2, 0.25) is 0 Å². The van der Waals surface area contributed by atoms with Crippen molar-refractivity contribution in [2.75, 3.05) is 0 Å². The highest BCUT2D eigenvalue weighted by molar-refractivity contribution is 14.1. The zero-order chi connectivity index (χ0) is 7.40. The molecule has 1 aromatic heterocycles. The molecule has 10 heavy (non-hydrogen) atoms. The molecule has 0 unspecified atom stereocenters. The summed E-state index contributed by atoms with van der Waals surface area (Å²) in [6.07, 6.45) is 3.93. The molecule has 1 heterocycles. The van der Waals surface area contributed by atoms with Crippen LogP contribution in [0.1, 0.15) is 5.56 Å². The summed E-state index contributed by atoms with van der Waals surface area (Å²) in [4.78, 5) is 3.91. The van der Waals surface area contributed by atoms with Crippen molar-refractivity contribution >= 4 is 22.6 Å². The zero-order valence-electron chi connectivity index (χ0n) is 5.21. The van der Waals surface area contributed by atoms with Crippen LogP contribution >= 0.6 is 22.6 Å². The Kier molecular flexibility index (Phi) is 2.63. The Hall–Kier alpha value is -0.630. The molecule has 0 aliphatic carbocycles. The molecule has 3 heteroatoms. The third kappa shape index (κ3) is 1.67. The lowest BCUT2D eigenvalue weighted by molar-refractivity contribution is 1.19. The predicted octanol–water partition coefficient (Wildman–Crippen LogP) is 1.75. The van der Waals surface area contributed by atoms with Gasteiger partial charge in [-0.25, -0.2) is 0 Å². The summed E-state index contributed by atoms with van der Waals surface area (Å²) in [5.74, 6) is 0. The monoisotopic (exact) mass is 244 g/mol. The van der Waals surface area contributed by atoms with Crippen molar-refractivity contribution in [3.63, 3.8) is 0 Å². The fourth-order valence-corrected chi connectivity index (χ4v) is 1.16. The van der Waals surface area contributed by atoms with Gasteiger partial charge in [0, 0.05) is 16.0 Å². The quantitative estimate of drug-likeness (QED) is 0.705. The van der Waals surface area contributed by atoms with Crippen LogP contribution in [-0.2, 0) is 6.42 Å². The number of nitrogens with zero attached hydrogens (tertiary/aromatic N) is 2. The molecule has 50 valence electrons. The van der Waals surface area contributed by atoms with Crippen molar-refractivity contribution in [3.05, 3.63) is 27.6 Å². The Labute approximate surface area is 73.0 Å². The Morgan fingerprint density at radius 1 is 1.70 bits per heavy atom. The van der Waals surface area contributed by atoms with Crippen LogP contribution in [-0.4, -0.2) is 4.98 Å². The second-order valence-corrected chi connectivity index (χ2v) is 2.96. The SMILES string of the molecule is N#CCc1ccncc1I. The summed E-state index contributed by atoms with van der Waals surface area (Å²) in [7, 11) is 0. The number of aromatic nitrogens is 1. The van der Waals surface area contributed by atoms with Crippen LogP contribution in [0, 0.1) is 14.9 Å². The normalized spacial score (nSPS) is 8.80. The van der Waals surface area contributed by atoms with Gasteiger partial charge in [0.25, 0.3) is 0 Å². The van der Waals surface area contributed by atoms with E-state index in [0.29, 0.717) is 6.42 Å². The van der Waals surface area contributed by atoms with E-state index < -0.39 is 0 Å². The van der Waals surface area contributed by atoms with E-state index in [-0.39, 0.29) is 0 Å². The van der Waals surface area contributed by atoms with E-state index in [0.717, 1.165) is 9.13 Å². The molecule has 0 aliphatic rings. The first-order valence-corrected chi connectivity index (χ1v) is 3.88. The molecular weight excluding hydrogens is 239 g/mol. The van der Waals surface area contributed by atoms with E-state index in [9.17, 15) is 0 Å². The fraction of sp³-hybridized carbons (Fsp3) is 0.143. The Balaban J connectivity index is 2.94. The largest absolute Gasteiger partial charge is 0.264 e. The van der Waals surface area contributed by atoms with E-state index in [1.54, 1.807) is 12.4 Å². The first-order valence-electron chi connectivity index (χ1n) is 2.80. The van der Waals surface area contributed by atoms with Crippen LogP contribution in [0.3, 0.4) is 0 Å². The second kappa shape index (κ2) is 3.52. The van der Waals surface area contributed by atoms with Crippen LogP contribution in [0.4, 0.5) is 0 Å². The molecule has 0 spiro atoms. The summed E-state index contributed by atoms with van der Waals surface area (Å²) >= 11 is 2.17. The topological polar surface area (TPSA) is 36.7 Å². The molecule has 2 nitrogen and oxygen atoms in total.